The molecular weight excluding hydrogens is 458 g/mol. The van der Waals surface area contributed by atoms with Gasteiger partial charge < -0.3 is 24.5 Å². The molecule has 4 aromatic rings. The van der Waals surface area contributed by atoms with Crippen molar-refractivity contribution >= 4 is 11.6 Å². The summed E-state index contributed by atoms with van der Waals surface area (Å²) in [6.45, 7) is 5.31. The number of hydrogen-bond acceptors (Lipinski definition) is 9. The minimum absolute atomic E-state index is 0.483. The van der Waals surface area contributed by atoms with E-state index in [1.54, 1.807) is 31.9 Å². The first-order chi connectivity index (χ1) is 17.8. The van der Waals surface area contributed by atoms with Gasteiger partial charge in [-0.25, -0.2) is 15.0 Å². The van der Waals surface area contributed by atoms with Crippen molar-refractivity contribution in [2.45, 2.75) is 6.42 Å². The third kappa shape index (κ3) is 6.15. The number of imidazole rings is 1. The minimum Gasteiger partial charge on any atom is -0.495 e. The van der Waals surface area contributed by atoms with Crippen LogP contribution in [0.1, 0.15) is 6.42 Å². The van der Waals surface area contributed by atoms with Gasteiger partial charge in [0.15, 0.2) is 0 Å². The van der Waals surface area contributed by atoms with E-state index in [9.17, 15) is 0 Å². The van der Waals surface area contributed by atoms with Gasteiger partial charge in [-0.05, 0) is 30.7 Å². The van der Waals surface area contributed by atoms with E-state index in [4.69, 9.17) is 14.2 Å². The van der Waals surface area contributed by atoms with Gasteiger partial charge in [0, 0.05) is 49.3 Å². The normalized spacial score (nSPS) is 13.9. The largest absolute Gasteiger partial charge is 0.495 e. The summed E-state index contributed by atoms with van der Waals surface area (Å²) in [4.78, 5) is 23.4. The zero-order valence-corrected chi connectivity index (χ0v) is 20.2. The Morgan fingerprint density at radius 2 is 1.97 bits per heavy atom. The molecule has 1 aliphatic heterocycles. The summed E-state index contributed by atoms with van der Waals surface area (Å²) in [7, 11) is 1.61. The first kappa shape index (κ1) is 23.7. The highest BCUT2D eigenvalue weighted by Crippen LogP contribution is 2.25. The van der Waals surface area contributed by atoms with Crippen molar-refractivity contribution in [3.63, 3.8) is 0 Å². The van der Waals surface area contributed by atoms with Crippen molar-refractivity contribution in [2.24, 2.45) is 0 Å². The SMILES string of the molecule is COc1cncc(-c2ncc(-c3ccnc(Nc4cccc(OCCCN5CCOCC5)c4)n3)[nH]2)c1. The average molecular weight is 488 g/mol. The van der Waals surface area contributed by atoms with E-state index in [0.29, 0.717) is 24.1 Å². The third-order valence-electron chi connectivity index (χ3n) is 5.81. The lowest BCUT2D eigenvalue weighted by Crippen LogP contribution is -2.37. The van der Waals surface area contributed by atoms with Crippen LogP contribution in [0.25, 0.3) is 22.8 Å². The van der Waals surface area contributed by atoms with Crippen LogP contribution in [0.2, 0.25) is 0 Å². The molecule has 1 saturated heterocycles. The smallest absolute Gasteiger partial charge is 0.227 e. The summed E-state index contributed by atoms with van der Waals surface area (Å²) in [6, 6.07) is 11.5. The van der Waals surface area contributed by atoms with E-state index in [1.165, 1.54) is 0 Å². The zero-order valence-electron chi connectivity index (χ0n) is 20.2. The van der Waals surface area contributed by atoms with Crippen LogP contribution in [0.3, 0.4) is 0 Å². The summed E-state index contributed by atoms with van der Waals surface area (Å²) < 4.78 is 16.6. The number of pyridine rings is 1. The molecule has 36 heavy (non-hydrogen) atoms. The molecule has 0 aliphatic carbocycles. The highest BCUT2D eigenvalue weighted by Gasteiger charge is 2.11. The van der Waals surface area contributed by atoms with Crippen molar-refractivity contribution in [1.82, 2.24) is 29.8 Å². The molecule has 0 unspecified atom stereocenters. The molecule has 5 rings (SSSR count). The zero-order chi connectivity index (χ0) is 24.6. The predicted octanol–water partition coefficient (Wildman–Crippen LogP) is 3.78. The van der Waals surface area contributed by atoms with Crippen molar-refractivity contribution in [1.29, 1.82) is 0 Å². The number of morpholine rings is 1. The van der Waals surface area contributed by atoms with Crippen LogP contribution in [-0.4, -0.2) is 76.4 Å². The van der Waals surface area contributed by atoms with Gasteiger partial charge in [-0.1, -0.05) is 6.07 Å². The molecular formula is C26H29N7O3. The Morgan fingerprint density at radius 1 is 1.06 bits per heavy atom. The molecule has 186 valence electrons. The minimum atomic E-state index is 0.483. The van der Waals surface area contributed by atoms with Crippen LogP contribution in [-0.2, 0) is 4.74 Å². The first-order valence-electron chi connectivity index (χ1n) is 11.9. The van der Waals surface area contributed by atoms with Gasteiger partial charge >= 0.3 is 0 Å². The molecule has 1 aliphatic rings. The molecule has 0 radical (unpaired) electrons. The van der Waals surface area contributed by atoms with Crippen LogP contribution in [0, 0.1) is 0 Å². The Morgan fingerprint density at radius 3 is 2.86 bits per heavy atom. The monoisotopic (exact) mass is 487 g/mol. The van der Waals surface area contributed by atoms with Crippen molar-refractivity contribution in [2.75, 3.05) is 51.9 Å². The van der Waals surface area contributed by atoms with Gasteiger partial charge in [0.25, 0.3) is 0 Å². The topological polar surface area (TPSA) is 110 Å². The first-order valence-corrected chi connectivity index (χ1v) is 11.9. The fraction of sp³-hybridized carbons (Fsp3) is 0.308. The number of aromatic amines is 1. The number of hydrogen-bond donors (Lipinski definition) is 2. The second-order valence-corrected chi connectivity index (χ2v) is 8.33. The second kappa shape index (κ2) is 11.6. The Bertz CT molecular complexity index is 1270. The number of benzene rings is 1. The van der Waals surface area contributed by atoms with Crippen molar-refractivity contribution in [3.8, 4) is 34.3 Å². The van der Waals surface area contributed by atoms with Gasteiger partial charge in [-0.2, -0.15) is 0 Å². The molecule has 3 aromatic heterocycles. The number of aromatic nitrogens is 5. The summed E-state index contributed by atoms with van der Waals surface area (Å²) in [6.07, 6.45) is 7.81. The van der Waals surface area contributed by atoms with Crippen LogP contribution in [0.5, 0.6) is 11.5 Å². The Labute approximate surface area is 209 Å². The highest BCUT2D eigenvalue weighted by molar-refractivity contribution is 5.64. The van der Waals surface area contributed by atoms with E-state index < -0.39 is 0 Å². The van der Waals surface area contributed by atoms with E-state index in [2.05, 4.69) is 35.1 Å². The third-order valence-corrected chi connectivity index (χ3v) is 5.81. The predicted molar refractivity (Wildman–Crippen MR) is 136 cm³/mol. The number of anilines is 2. The van der Waals surface area contributed by atoms with E-state index in [1.807, 2.05) is 36.4 Å². The fourth-order valence-electron chi connectivity index (χ4n) is 3.92. The molecule has 2 N–H and O–H groups in total. The molecule has 4 heterocycles. The molecule has 1 aromatic carbocycles. The fourth-order valence-corrected chi connectivity index (χ4v) is 3.92. The van der Waals surface area contributed by atoms with Gasteiger partial charge in [0.1, 0.15) is 17.3 Å². The Balaban J connectivity index is 1.20. The summed E-state index contributed by atoms with van der Waals surface area (Å²) in [5.74, 6) is 2.64. The molecule has 0 saturated carbocycles. The van der Waals surface area contributed by atoms with Gasteiger partial charge in [-0.3, -0.25) is 9.88 Å². The van der Waals surface area contributed by atoms with Crippen LogP contribution in [0.4, 0.5) is 11.6 Å². The lowest BCUT2D eigenvalue weighted by molar-refractivity contribution is 0.0358. The number of H-pyrrole nitrogens is 1. The number of methoxy groups -OCH3 is 1. The molecule has 10 nitrogen and oxygen atoms in total. The molecule has 0 bridgehead atoms. The summed E-state index contributed by atoms with van der Waals surface area (Å²) in [5.41, 5.74) is 3.17. The summed E-state index contributed by atoms with van der Waals surface area (Å²) >= 11 is 0. The standard InChI is InChI=1S/C26H29N7O3/c1-34-22-14-19(16-27-17-22)25-29-18-24(31-25)23-6-7-28-26(32-23)30-20-4-2-5-21(15-20)36-11-3-8-33-9-12-35-13-10-33/h2,4-7,14-18H,3,8-13H2,1H3,(H,29,31)(H,28,30,32). The lowest BCUT2D eigenvalue weighted by Gasteiger charge is -2.26. The second-order valence-electron chi connectivity index (χ2n) is 8.33. The summed E-state index contributed by atoms with van der Waals surface area (Å²) in [5, 5.41) is 3.26. The van der Waals surface area contributed by atoms with Gasteiger partial charge in [0.2, 0.25) is 5.95 Å². The maximum atomic E-state index is 5.96. The van der Waals surface area contributed by atoms with Crippen LogP contribution in [0.15, 0.2) is 61.2 Å². The number of rotatable bonds is 10. The maximum Gasteiger partial charge on any atom is 0.227 e. The number of nitrogens with zero attached hydrogens (tertiary/aromatic N) is 5. The molecule has 0 atom stereocenters. The molecule has 10 heteroatoms. The molecule has 0 amide bonds. The highest BCUT2D eigenvalue weighted by atomic mass is 16.5. The van der Waals surface area contributed by atoms with Gasteiger partial charge in [-0.15, -0.1) is 0 Å². The van der Waals surface area contributed by atoms with Crippen LogP contribution < -0.4 is 14.8 Å². The lowest BCUT2D eigenvalue weighted by atomic mass is 10.2. The number of ether oxygens (including phenoxy) is 3. The van der Waals surface area contributed by atoms with Crippen LogP contribution >= 0.6 is 0 Å². The van der Waals surface area contributed by atoms with E-state index in [-0.39, 0.29) is 0 Å². The van der Waals surface area contributed by atoms with E-state index >= 15 is 0 Å². The maximum absolute atomic E-state index is 5.96. The Hall–Kier alpha value is -4.02. The van der Waals surface area contributed by atoms with Crippen molar-refractivity contribution < 1.29 is 14.2 Å². The average Bonchev–Trinajstić information content (AvgIpc) is 3.43. The van der Waals surface area contributed by atoms with Crippen molar-refractivity contribution in [3.05, 3.63) is 61.2 Å². The number of nitrogens with one attached hydrogen (secondary N) is 2. The molecule has 0 spiro atoms. The van der Waals surface area contributed by atoms with Gasteiger partial charge in [0.05, 0.1) is 50.7 Å². The Kier molecular flexibility index (Phi) is 7.64. The molecule has 1 fully saturated rings. The van der Waals surface area contributed by atoms with E-state index in [0.717, 1.165) is 67.7 Å². The quantitative estimate of drug-likeness (QED) is 0.323.